The van der Waals surface area contributed by atoms with Crippen LogP contribution in [-0.4, -0.2) is 43.6 Å². The van der Waals surface area contributed by atoms with Crippen molar-refractivity contribution in [2.45, 2.75) is 26.7 Å². The number of carbonyl (C=O) groups is 2. The summed E-state index contributed by atoms with van der Waals surface area (Å²) >= 11 is 0. The second-order valence-corrected chi connectivity index (χ2v) is 4.66. The van der Waals surface area contributed by atoms with Gasteiger partial charge in [0, 0.05) is 19.2 Å². The van der Waals surface area contributed by atoms with E-state index in [1.54, 1.807) is 32.2 Å². The van der Waals surface area contributed by atoms with Gasteiger partial charge in [-0.1, -0.05) is 13.0 Å². The molecule has 0 radical (unpaired) electrons. The highest BCUT2D eigenvalue weighted by Gasteiger charge is 2.14. The second kappa shape index (κ2) is 9.00. The summed E-state index contributed by atoms with van der Waals surface area (Å²) in [4.78, 5) is 25.1. The summed E-state index contributed by atoms with van der Waals surface area (Å²) in [7, 11) is 1.67. The van der Waals surface area contributed by atoms with Gasteiger partial charge in [0.2, 0.25) is 0 Å². The van der Waals surface area contributed by atoms with Crippen molar-refractivity contribution in [2.75, 3.05) is 26.8 Å². The third kappa shape index (κ3) is 5.85. The summed E-state index contributed by atoms with van der Waals surface area (Å²) in [5.74, 6) is 0.250. The average molecular weight is 293 g/mol. The SMILES string of the molecule is CCCOc1cccc(C(=O)N(C)CCC(=O)OCC)c1. The molecule has 0 N–H and O–H groups in total. The largest absolute Gasteiger partial charge is 0.494 e. The number of carbonyl (C=O) groups excluding carboxylic acids is 2. The standard InChI is InChI=1S/C16H23NO4/c1-4-11-21-14-8-6-7-13(12-14)16(19)17(3)10-9-15(18)20-5-2/h6-8,12H,4-5,9-11H2,1-3H3. The van der Waals surface area contributed by atoms with E-state index < -0.39 is 0 Å². The molecule has 0 spiro atoms. The van der Waals surface area contributed by atoms with E-state index >= 15 is 0 Å². The van der Waals surface area contributed by atoms with Gasteiger partial charge >= 0.3 is 5.97 Å². The van der Waals surface area contributed by atoms with Gasteiger partial charge in [0.25, 0.3) is 5.91 Å². The van der Waals surface area contributed by atoms with Crippen molar-refractivity contribution < 1.29 is 19.1 Å². The van der Waals surface area contributed by atoms with Gasteiger partial charge in [0.05, 0.1) is 19.6 Å². The first-order valence-electron chi connectivity index (χ1n) is 7.22. The maximum atomic E-state index is 12.3. The van der Waals surface area contributed by atoms with Crippen molar-refractivity contribution in [3.05, 3.63) is 29.8 Å². The van der Waals surface area contributed by atoms with Gasteiger partial charge < -0.3 is 14.4 Å². The number of amides is 1. The lowest BCUT2D eigenvalue weighted by molar-refractivity contribution is -0.143. The predicted octanol–water partition coefficient (Wildman–Crippen LogP) is 2.50. The third-order valence-electron chi connectivity index (χ3n) is 2.86. The maximum absolute atomic E-state index is 12.3. The van der Waals surface area contributed by atoms with Gasteiger partial charge in [-0.15, -0.1) is 0 Å². The highest BCUT2D eigenvalue weighted by Crippen LogP contribution is 2.15. The molecule has 0 aliphatic carbocycles. The molecule has 1 rings (SSSR count). The van der Waals surface area contributed by atoms with Gasteiger partial charge in [0.1, 0.15) is 5.75 Å². The van der Waals surface area contributed by atoms with Gasteiger partial charge in [-0.3, -0.25) is 9.59 Å². The van der Waals surface area contributed by atoms with Crippen LogP contribution in [0.15, 0.2) is 24.3 Å². The van der Waals surface area contributed by atoms with E-state index in [0.29, 0.717) is 31.1 Å². The van der Waals surface area contributed by atoms with Crippen molar-refractivity contribution in [2.24, 2.45) is 0 Å². The van der Waals surface area contributed by atoms with Crippen LogP contribution in [0.2, 0.25) is 0 Å². The Morgan fingerprint density at radius 3 is 2.67 bits per heavy atom. The van der Waals surface area contributed by atoms with E-state index in [2.05, 4.69) is 0 Å². The number of hydrogen-bond donors (Lipinski definition) is 0. The number of benzene rings is 1. The molecule has 0 fully saturated rings. The predicted molar refractivity (Wildman–Crippen MR) is 80.4 cm³/mol. The molecule has 0 atom stereocenters. The van der Waals surface area contributed by atoms with Crippen LogP contribution in [0.1, 0.15) is 37.0 Å². The Morgan fingerprint density at radius 1 is 1.24 bits per heavy atom. The highest BCUT2D eigenvalue weighted by molar-refractivity contribution is 5.94. The molecule has 0 aliphatic heterocycles. The van der Waals surface area contributed by atoms with Crippen LogP contribution in [0.4, 0.5) is 0 Å². The van der Waals surface area contributed by atoms with Crippen LogP contribution < -0.4 is 4.74 Å². The average Bonchev–Trinajstić information content (AvgIpc) is 2.50. The number of nitrogens with zero attached hydrogens (tertiary/aromatic N) is 1. The molecule has 0 unspecified atom stereocenters. The molecule has 0 saturated carbocycles. The van der Waals surface area contributed by atoms with Gasteiger partial charge in [-0.2, -0.15) is 0 Å². The van der Waals surface area contributed by atoms with E-state index in [9.17, 15) is 9.59 Å². The van der Waals surface area contributed by atoms with Crippen LogP contribution in [0, 0.1) is 0 Å². The van der Waals surface area contributed by atoms with Crippen molar-refractivity contribution in [3.63, 3.8) is 0 Å². The van der Waals surface area contributed by atoms with E-state index in [1.807, 2.05) is 13.0 Å². The zero-order valence-corrected chi connectivity index (χ0v) is 12.9. The Bertz CT molecular complexity index is 473. The van der Waals surface area contributed by atoms with E-state index in [1.165, 1.54) is 4.90 Å². The van der Waals surface area contributed by atoms with Crippen molar-refractivity contribution in [1.29, 1.82) is 0 Å². The van der Waals surface area contributed by atoms with Gasteiger partial charge in [-0.25, -0.2) is 0 Å². The Hall–Kier alpha value is -2.04. The molecule has 5 heteroatoms. The zero-order valence-electron chi connectivity index (χ0n) is 12.9. The van der Waals surface area contributed by atoms with E-state index in [0.717, 1.165) is 6.42 Å². The quantitative estimate of drug-likeness (QED) is 0.691. The summed E-state index contributed by atoms with van der Waals surface area (Å²) in [5, 5.41) is 0. The first kappa shape index (κ1) is 17.0. The summed E-state index contributed by atoms with van der Waals surface area (Å²) in [6.07, 6.45) is 1.11. The molecular formula is C16H23NO4. The van der Waals surface area contributed by atoms with Gasteiger partial charge in [0.15, 0.2) is 0 Å². The molecule has 1 aromatic rings. The minimum atomic E-state index is -0.294. The van der Waals surface area contributed by atoms with E-state index in [-0.39, 0.29) is 18.3 Å². The lowest BCUT2D eigenvalue weighted by atomic mass is 10.2. The molecular weight excluding hydrogens is 270 g/mol. The lowest BCUT2D eigenvalue weighted by Gasteiger charge is -2.17. The lowest BCUT2D eigenvalue weighted by Crippen LogP contribution is -2.29. The molecule has 116 valence electrons. The van der Waals surface area contributed by atoms with Crippen LogP contribution in [0.5, 0.6) is 5.75 Å². The molecule has 1 amide bonds. The third-order valence-corrected chi connectivity index (χ3v) is 2.86. The Labute approximate surface area is 125 Å². The normalized spacial score (nSPS) is 10.0. The minimum absolute atomic E-state index is 0.138. The maximum Gasteiger partial charge on any atom is 0.307 e. The molecule has 0 heterocycles. The van der Waals surface area contributed by atoms with Crippen molar-refractivity contribution in [1.82, 2.24) is 4.90 Å². The fraction of sp³-hybridized carbons (Fsp3) is 0.500. The number of ether oxygens (including phenoxy) is 2. The highest BCUT2D eigenvalue weighted by atomic mass is 16.5. The summed E-state index contributed by atoms with van der Waals surface area (Å²) in [6.45, 7) is 5.09. The first-order valence-corrected chi connectivity index (χ1v) is 7.22. The summed E-state index contributed by atoms with van der Waals surface area (Å²) in [5.41, 5.74) is 0.551. The molecule has 0 aromatic heterocycles. The van der Waals surface area contributed by atoms with Crippen LogP contribution in [0.3, 0.4) is 0 Å². The Balaban J connectivity index is 2.59. The van der Waals surface area contributed by atoms with Gasteiger partial charge in [-0.05, 0) is 31.5 Å². The summed E-state index contributed by atoms with van der Waals surface area (Å²) < 4.78 is 10.4. The van der Waals surface area contributed by atoms with Crippen molar-refractivity contribution >= 4 is 11.9 Å². The fourth-order valence-electron chi connectivity index (χ4n) is 1.75. The fourth-order valence-corrected chi connectivity index (χ4v) is 1.75. The Kier molecular flexibility index (Phi) is 7.29. The molecule has 0 bridgehead atoms. The van der Waals surface area contributed by atoms with Crippen LogP contribution >= 0.6 is 0 Å². The monoisotopic (exact) mass is 293 g/mol. The van der Waals surface area contributed by atoms with E-state index in [4.69, 9.17) is 9.47 Å². The molecule has 0 saturated heterocycles. The minimum Gasteiger partial charge on any atom is -0.494 e. The van der Waals surface area contributed by atoms with Crippen LogP contribution in [-0.2, 0) is 9.53 Å². The number of esters is 1. The van der Waals surface area contributed by atoms with Crippen molar-refractivity contribution in [3.8, 4) is 5.75 Å². The number of hydrogen-bond acceptors (Lipinski definition) is 4. The first-order chi connectivity index (χ1) is 10.1. The molecule has 0 aliphatic rings. The topological polar surface area (TPSA) is 55.8 Å². The Morgan fingerprint density at radius 2 is 2.00 bits per heavy atom. The van der Waals surface area contributed by atoms with Crippen LogP contribution in [0.25, 0.3) is 0 Å². The smallest absolute Gasteiger partial charge is 0.307 e. The molecule has 21 heavy (non-hydrogen) atoms. The zero-order chi connectivity index (χ0) is 15.7. The molecule has 5 nitrogen and oxygen atoms in total. The summed E-state index contributed by atoms with van der Waals surface area (Å²) in [6, 6.07) is 7.07. The number of rotatable bonds is 8. The second-order valence-electron chi connectivity index (χ2n) is 4.66. The molecule has 1 aromatic carbocycles.